The molecule has 190 valence electrons. The summed E-state index contributed by atoms with van der Waals surface area (Å²) >= 11 is 0. The molecule has 0 amide bonds. The third-order valence-corrected chi connectivity index (χ3v) is 8.19. The fourth-order valence-corrected chi connectivity index (χ4v) is 6.58. The second-order valence-corrected chi connectivity index (χ2v) is 10.9. The van der Waals surface area contributed by atoms with Crippen LogP contribution >= 0.6 is 0 Å². The van der Waals surface area contributed by atoms with E-state index in [9.17, 15) is 23.1 Å². The first-order valence-corrected chi connectivity index (χ1v) is 13.0. The van der Waals surface area contributed by atoms with Crippen molar-refractivity contribution in [1.82, 2.24) is 4.90 Å². The summed E-state index contributed by atoms with van der Waals surface area (Å²) in [6, 6.07) is 5.33. The van der Waals surface area contributed by atoms with Crippen LogP contribution in [0.3, 0.4) is 0 Å². The van der Waals surface area contributed by atoms with Crippen LogP contribution in [0.4, 0.5) is 13.2 Å². The Morgan fingerprint density at radius 1 is 1.00 bits per heavy atom. The van der Waals surface area contributed by atoms with Gasteiger partial charge in [-0.25, -0.2) is 0 Å². The first-order valence-electron chi connectivity index (χ1n) is 13.0. The molecule has 4 rings (SSSR count). The molecule has 1 aromatic rings. The van der Waals surface area contributed by atoms with Gasteiger partial charge in [-0.3, -0.25) is 9.69 Å². The SMILES string of the molecule is CC1CC(CC(=O)O)OC(c2ccc(C(F)(F)F)cc2)C1N(CC1CCCC1)CC1CCCC1. The number of ether oxygens (including phenoxy) is 1. The molecule has 4 atom stereocenters. The third-order valence-electron chi connectivity index (χ3n) is 8.19. The number of halogens is 3. The average molecular weight is 482 g/mol. The second kappa shape index (κ2) is 11.0. The normalized spacial score (nSPS) is 29.2. The Labute approximate surface area is 200 Å². The number of hydrogen-bond donors (Lipinski definition) is 1. The van der Waals surface area contributed by atoms with Crippen LogP contribution in [0.1, 0.15) is 88.4 Å². The summed E-state index contributed by atoms with van der Waals surface area (Å²) in [5.41, 5.74) is 0.0373. The molecule has 3 aliphatic rings. The molecule has 2 aliphatic carbocycles. The van der Waals surface area contributed by atoms with E-state index in [1.54, 1.807) is 0 Å². The Morgan fingerprint density at radius 2 is 1.53 bits per heavy atom. The van der Waals surface area contributed by atoms with E-state index >= 15 is 0 Å². The molecule has 2 saturated carbocycles. The van der Waals surface area contributed by atoms with E-state index in [0.29, 0.717) is 23.8 Å². The van der Waals surface area contributed by atoms with Gasteiger partial charge >= 0.3 is 12.1 Å². The van der Waals surface area contributed by atoms with Crippen LogP contribution in [0.5, 0.6) is 0 Å². The highest BCUT2D eigenvalue weighted by Crippen LogP contribution is 2.42. The quantitative estimate of drug-likeness (QED) is 0.449. The van der Waals surface area contributed by atoms with Gasteiger partial charge in [-0.2, -0.15) is 13.2 Å². The van der Waals surface area contributed by atoms with E-state index in [1.807, 2.05) is 0 Å². The van der Waals surface area contributed by atoms with E-state index < -0.39 is 29.9 Å². The van der Waals surface area contributed by atoms with Crippen molar-refractivity contribution in [1.29, 1.82) is 0 Å². The number of carboxylic acids is 1. The smallest absolute Gasteiger partial charge is 0.416 e. The van der Waals surface area contributed by atoms with Crippen LogP contribution < -0.4 is 0 Å². The number of carbonyl (C=O) groups is 1. The molecule has 1 aliphatic heterocycles. The van der Waals surface area contributed by atoms with Crippen LogP contribution in [0.2, 0.25) is 0 Å². The summed E-state index contributed by atoms with van der Waals surface area (Å²) in [5.74, 6) is 0.584. The van der Waals surface area contributed by atoms with Gasteiger partial charge in [-0.15, -0.1) is 0 Å². The van der Waals surface area contributed by atoms with Crippen molar-refractivity contribution in [3.05, 3.63) is 35.4 Å². The molecule has 34 heavy (non-hydrogen) atoms. The van der Waals surface area contributed by atoms with E-state index in [4.69, 9.17) is 4.74 Å². The van der Waals surface area contributed by atoms with Gasteiger partial charge in [0.15, 0.2) is 0 Å². The average Bonchev–Trinajstić information content (AvgIpc) is 3.46. The first-order chi connectivity index (χ1) is 16.2. The van der Waals surface area contributed by atoms with Crippen molar-refractivity contribution in [2.75, 3.05) is 13.1 Å². The van der Waals surface area contributed by atoms with Gasteiger partial charge in [0.25, 0.3) is 0 Å². The molecule has 0 radical (unpaired) electrons. The van der Waals surface area contributed by atoms with Gasteiger partial charge in [0.2, 0.25) is 0 Å². The number of alkyl halides is 3. The zero-order chi connectivity index (χ0) is 24.3. The Kier molecular flexibility index (Phi) is 8.24. The predicted molar refractivity (Wildman–Crippen MR) is 124 cm³/mol. The summed E-state index contributed by atoms with van der Waals surface area (Å²) in [7, 11) is 0. The zero-order valence-electron chi connectivity index (χ0n) is 20.1. The molecule has 0 bridgehead atoms. The van der Waals surface area contributed by atoms with E-state index in [-0.39, 0.29) is 18.4 Å². The number of hydrogen-bond acceptors (Lipinski definition) is 3. The van der Waals surface area contributed by atoms with Crippen LogP contribution in [0.15, 0.2) is 24.3 Å². The topological polar surface area (TPSA) is 49.8 Å². The van der Waals surface area contributed by atoms with Gasteiger partial charge in [0.05, 0.1) is 24.2 Å². The molecule has 7 heteroatoms. The molecule has 0 spiro atoms. The number of aliphatic carboxylic acids is 1. The lowest BCUT2D eigenvalue weighted by molar-refractivity contribution is -0.154. The summed E-state index contributed by atoms with van der Waals surface area (Å²) < 4.78 is 46.0. The van der Waals surface area contributed by atoms with Gasteiger partial charge in [0.1, 0.15) is 0 Å². The van der Waals surface area contributed by atoms with Crippen LogP contribution in [0.25, 0.3) is 0 Å². The molecule has 1 N–H and O–H groups in total. The minimum absolute atomic E-state index is 0.0305. The molecule has 0 aromatic heterocycles. The maximum absolute atomic E-state index is 13.2. The highest BCUT2D eigenvalue weighted by Gasteiger charge is 2.43. The van der Waals surface area contributed by atoms with Crippen molar-refractivity contribution >= 4 is 5.97 Å². The Bertz CT molecular complexity index is 782. The second-order valence-electron chi connectivity index (χ2n) is 10.9. The highest BCUT2D eigenvalue weighted by atomic mass is 19.4. The zero-order valence-corrected chi connectivity index (χ0v) is 20.1. The van der Waals surface area contributed by atoms with Gasteiger partial charge in [0, 0.05) is 19.1 Å². The number of rotatable bonds is 8. The summed E-state index contributed by atoms with van der Waals surface area (Å²) in [5, 5.41) is 9.37. The molecule has 1 saturated heterocycles. The maximum atomic E-state index is 13.2. The van der Waals surface area contributed by atoms with Crippen LogP contribution in [-0.2, 0) is 15.7 Å². The summed E-state index contributed by atoms with van der Waals surface area (Å²) in [6.45, 7) is 4.15. The Balaban J connectivity index is 1.63. The van der Waals surface area contributed by atoms with Crippen molar-refractivity contribution < 1.29 is 27.8 Å². The van der Waals surface area contributed by atoms with Crippen molar-refractivity contribution in [3.63, 3.8) is 0 Å². The fourth-order valence-electron chi connectivity index (χ4n) is 6.58. The summed E-state index contributed by atoms with van der Waals surface area (Å²) in [4.78, 5) is 14.0. The molecule has 4 nitrogen and oxygen atoms in total. The monoisotopic (exact) mass is 481 g/mol. The van der Waals surface area contributed by atoms with E-state index in [0.717, 1.165) is 25.2 Å². The van der Waals surface area contributed by atoms with Gasteiger partial charge in [-0.05, 0) is 67.6 Å². The fraction of sp³-hybridized carbons (Fsp3) is 0.741. The lowest BCUT2D eigenvalue weighted by Gasteiger charge is -2.47. The maximum Gasteiger partial charge on any atom is 0.416 e. The summed E-state index contributed by atoms with van der Waals surface area (Å²) in [6.07, 6.45) is 5.30. The van der Waals surface area contributed by atoms with Crippen LogP contribution in [-0.4, -0.2) is 41.2 Å². The van der Waals surface area contributed by atoms with Gasteiger partial charge < -0.3 is 9.84 Å². The minimum Gasteiger partial charge on any atom is -0.481 e. The lowest BCUT2D eigenvalue weighted by Crippen LogP contribution is -2.52. The molecule has 4 unspecified atom stereocenters. The van der Waals surface area contributed by atoms with Crippen molar-refractivity contribution in [2.45, 2.75) is 95.6 Å². The van der Waals surface area contributed by atoms with Crippen molar-refractivity contribution in [3.8, 4) is 0 Å². The predicted octanol–water partition coefficient (Wildman–Crippen LogP) is 6.70. The van der Waals surface area contributed by atoms with Gasteiger partial charge in [-0.1, -0.05) is 44.7 Å². The third kappa shape index (κ3) is 6.34. The molecule has 1 heterocycles. The van der Waals surface area contributed by atoms with Crippen LogP contribution in [0, 0.1) is 17.8 Å². The highest BCUT2D eigenvalue weighted by molar-refractivity contribution is 5.67. The van der Waals surface area contributed by atoms with E-state index in [2.05, 4.69) is 11.8 Å². The molecular formula is C27H38F3NO3. The number of carboxylic acid groups (broad SMARTS) is 1. The molecule has 1 aromatic carbocycles. The minimum atomic E-state index is -4.39. The molecule has 3 fully saturated rings. The Morgan fingerprint density at radius 3 is 2.00 bits per heavy atom. The van der Waals surface area contributed by atoms with E-state index in [1.165, 1.54) is 63.5 Å². The standard InChI is InChI=1S/C27H38F3NO3/c1-18-14-23(15-24(32)33)34-26(21-10-12-22(13-11-21)27(28,29)30)25(18)31(16-19-6-2-3-7-19)17-20-8-4-5-9-20/h10-13,18-20,23,25-26H,2-9,14-17H2,1H3,(H,32,33). The first kappa shape index (κ1) is 25.5. The Hall–Kier alpha value is -1.60. The number of benzene rings is 1. The van der Waals surface area contributed by atoms with Crippen molar-refractivity contribution in [2.24, 2.45) is 17.8 Å². The lowest BCUT2D eigenvalue weighted by atomic mass is 9.82. The molecular weight excluding hydrogens is 443 g/mol. The largest absolute Gasteiger partial charge is 0.481 e. The number of nitrogens with zero attached hydrogens (tertiary/aromatic N) is 1.